The summed E-state index contributed by atoms with van der Waals surface area (Å²) in [5.41, 5.74) is -1.03. The van der Waals surface area contributed by atoms with E-state index in [2.05, 4.69) is 10.2 Å². The number of hydrogen-bond acceptors (Lipinski definition) is 3. The number of carboxylic acids is 1. The maximum Gasteiger partial charge on any atom is 0.329 e. The van der Waals surface area contributed by atoms with Crippen LogP contribution in [0, 0.1) is 0 Å². The van der Waals surface area contributed by atoms with Crippen molar-refractivity contribution in [2.75, 3.05) is 26.2 Å². The molecule has 2 amide bonds. The molecule has 0 spiro atoms. The van der Waals surface area contributed by atoms with Gasteiger partial charge in [0.05, 0.1) is 0 Å². The lowest BCUT2D eigenvalue weighted by Crippen LogP contribution is -2.57. The molecule has 2 N–H and O–H groups in total. The van der Waals surface area contributed by atoms with Gasteiger partial charge in [-0.3, -0.25) is 4.90 Å². The Bertz CT molecular complexity index is 420. The molecule has 0 radical (unpaired) electrons. The molecule has 118 valence electrons. The lowest BCUT2D eigenvalue weighted by atomic mass is 9.98. The van der Waals surface area contributed by atoms with Crippen molar-refractivity contribution in [2.24, 2.45) is 0 Å². The van der Waals surface area contributed by atoms with Gasteiger partial charge in [0.15, 0.2) is 0 Å². The number of urea groups is 1. The maximum absolute atomic E-state index is 12.5. The molecule has 21 heavy (non-hydrogen) atoms. The third-order valence-corrected chi connectivity index (χ3v) is 5.30. The number of amides is 2. The van der Waals surface area contributed by atoms with Gasteiger partial charge >= 0.3 is 12.0 Å². The molecule has 6 nitrogen and oxygen atoms in total. The number of rotatable bonds is 2. The lowest BCUT2D eigenvalue weighted by molar-refractivity contribution is -0.144. The molecule has 1 unspecified atom stereocenters. The number of hydrogen-bond donors (Lipinski definition) is 2. The van der Waals surface area contributed by atoms with Crippen molar-refractivity contribution >= 4 is 12.0 Å². The molecule has 0 aromatic heterocycles. The van der Waals surface area contributed by atoms with E-state index in [1.807, 2.05) is 4.90 Å². The van der Waals surface area contributed by atoms with Crippen LogP contribution in [0.4, 0.5) is 4.79 Å². The summed E-state index contributed by atoms with van der Waals surface area (Å²) in [5.74, 6) is -0.884. The molecule has 3 rings (SSSR count). The minimum absolute atomic E-state index is 0.187. The monoisotopic (exact) mass is 295 g/mol. The van der Waals surface area contributed by atoms with E-state index in [0.717, 1.165) is 51.9 Å². The van der Waals surface area contributed by atoms with Crippen LogP contribution < -0.4 is 5.32 Å². The van der Waals surface area contributed by atoms with Gasteiger partial charge in [-0.25, -0.2) is 9.59 Å². The van der Waals surface area contributed by atoms with Crippen molar-refractivity contribution in [3.8, 4) is 0 Å². The van der Waals surface area contributed by atoms with E-state index in [9.17, 15) is 14.7 Å². The second-order valence-corrected chi connectivity index (χ2v) is 6.66. The zero-order valence-corrected chi connectivity index (χ0v) is 12.5. The minimum Gasteiger partial charge on any atom is -0.480 e. The van der Waals surface area contributed by atoms with Gasteiger partial charge < -0.3 is 15.3 Å². The summed E-state index contributed by atoms with van der Waals surface area (Å²) >= 11 is 0. The Labute approximate surface area is 125 Å². The standard InChI is InChI=1S/C15H25N3O3/c19-13(20)15(6-1-2-7-15)16-14(21)18-10-4-9-17-8-3-5-12(17)11-18/h12H,1-11H2,(H,16,21)(H,19,20). The molecule has 1 saturated carbocycles. The lowest BCUT2D eigenvalue weighted by Gasteiger charge is -2.31. The molecule has 3 aliphatic rings. The molecule has 3 fully saturated rings. The largest absolute Gasteiger partial charge is 0.480 e. The highest BCUT2D eigenvalue weighted by molar-refractivity contribution is 5.86. The van der Waals surface area contributed by atoms with Crippen molar-refractivity contribution < 1.29 is 14.7 Å². The number of carbonyl (C=O) groups is 2. The number of aliphatic carboxylic acids is 1. The first-order valence-electron chi connectivity index (χ1n) is 8.15. The second kappa shape index (κ2) is 5.83. The molecule has 0 bridgehead atoms. The van der Waals surface area contributed by atoms with Crippen LogP contribution >= 0.6 is 0 Å². The molecule has 2 heterocycles. The highest BCUT2D eigenvalue weighted by atomic mass is 16.4. The average Bonchev–Trinajstić information content (AvgIpc) is 3.05. The zero-order chi connectivity index (χ0) is 14.9. The third-order valence-electron chi connectivity index (χ3n) is 5.30. The molecular formula is C15H25N3O3. The predicted molar refractivity (Wildman–Crippen MR) is 78.2 cm³/mol. The van der Waals surface area contributed by atoms with E-state index in [1.165, 1.54) is 6.42 Å². The maximum atomic E-state index is 12.5. The predicted octanol–water partition coefficient (Wildman–Crippen LogP) is 1.26. The summed E-state index contributed by atoms with van der Waals surface area (Å²) in [6.45, 7) is 3.66. The molecule has 0 aromatic rings. The summed E-state index contributed by atoms with van der Waals surface area (Å²) in [5, 5.41) is 12.3. The number of carbonyl (C=O) groups excluding carboxylic acids is 1. The quantitative estimate of drug-likeness (QED) is 0.804. The first-order valence-corrected chi connectivity index (χ1v) is 8.15. The molecule has 2 saturated heterocycles. The fourth-order valence-electron chi connectivity index (χ4n) is 4.05. The van der Waals surface area contributed by atoms with E-state index in [4.69, 9.17) is 0 Å². The van der Waals surface area contributed by atoms with Crippen molar-refractivity contribution in [1.29, 1.82) is 0 Å². The van der Waals surface area contributed by atoms with Crippen LogP contribution in [-0.4, -0.2) is 64.7 Å². The topological polar surface area (TPSA) is 72.9 Å². The fourth-order valence-corrected chi connectivity index (χ4v) is 4.05. The first kappa shape index (κ1) is 14.6. The van der Waals surface area contributed by atoms with Gasteiger partial charge in [0.2, 0.25) is 0 Å². The van der Waals surface area contributed by atoms with Gasteiger partial charge in [0.1, 0.15) is 5.54 Å². The summed E-state index contributed by atoms with van der Waals surface area (Å²) in [7, 11) is 0. The van der Waals surface area contributed by atoms with Crippen LogP contribution in [-0.2, 0) is 4.79 Å². The van der Waals surface area contributed by atoms with Crippen LogP contribution in [0.25, 0.3) is 0 Å². The number of nitrogens with zero attached hydrogens (tertiary/aromatic N) is 2. The molecule has 1 aliphatic carbocycles. The van der Waals surface area contributed by atoms with Gasteiger partial charge in [-0.15, -0.1) is 0 Å². The highest BCUT2D eigenvalue weighted by Crippen LogP contribution is 2.30. The molecule has 2 aliphatic heterocycles. The SMILES string of the molecule is O=C(NC1(C(=O)O)CCCC1)N1CCCN2CCCC2C1. The summed E-state index contributed by atoms with van der Waals surface area (Å²) in [4.78, 5) is 28.4. The van der Waals surface area contributed by atoms with E-state index >= 15 is 0 Å². The molecule has 6 heteroatoms. The Kier molecular flexibility index (Phi) is 4.06. The van der Waals surface area contributed by atoms with Crippen LogP contribution in [0.5, 0.6) is 0 Å². The van der Waals surface area contributed by atoms with Gasteiger partial charge in [-0.1, -0.05) is 12.8 Å². The van der Waals surface area contributed by atoms with Crippen molar-refractivity contribution in [3.05, 3.63) is 0 Å². The Hall–Kier alpha value is -1.30. The minimum atomic E-state index is -1.03. The van der Waals surface area contributed by atoms with Crippen molar-refractivity contribution in [2.45, 2.75) is 56.5 Å². The third kappa shape index (κ3) is 2.86. The van der Waals surface area contributed by atoms with Gasteiger partial charge in [0, 0.05) is 25.7 Å². The zero-order valence-electron chi connectivity index (χ0n) is 12.5. The number of nitrogens with one attached hydrogen (secondary N) is 1. The first-order chi connectivity index (χ1) is 10.1. The average molecular weight is 295 g/mol. The summed E-state index contributed by atoms with van der Waals surface area (Å²) in [6.07, 6.45) is 6.19. The highest BCUT2D eigenvalue weighted by Gasteiger charge is 2.44. The summed E-state index contributed by atoms with van der Waals surface area (Å²) < 4.78 is 0. The number of carboxylic acid groups (broad SMARTS) is 1. The Morgan fingerprint density at radius 3 is 2.48 bits per heavy atom. The Balaban J connectivity index is 1.65. The Morgan fingerprint density at radius 1 is 1.05 bits per heavy atom. The second-order valence-electron chi connectivity index (χ2n) is 6.66. The fraction of sp³-hybridized carbons (Fsp3) is 0.867. The van der Waals surface area contributed by atoms with Crippen molar-refractivity contribution in [3.63, 3.8) is 0 Å². The van der Waals surface area contributed by atoms with Gasteiger partial charge in [0.25, 0.3) is 0 Å². The molecule has 1 atom stereocenters. The van der Waals surface area contributed by atoms with E-state index < -0.39 is 11.5 Å². The smallest absolute Gasteiger partial charge is 0.329 e. The van der Waals surface area contributed by atoms with Gasteiger partial charge in [-0.2, -0.15) is 0 Å². The normalized spacial score (nSPS) is 29.0. The van der Waals surface area contributed by atoms with Gasteiger partial charge in [-0.05, 0) is 38.6 Å². The Morgan fingerprint density at radius 2 is 1.76 bits per heavy atom. The molecular weight excluding hydrogens is 270 g/mol. The molecule has 0 aromatic carbocycles. The van der Waals surface area contributed by atoms with Crippen LogP contribution in [0.1, 0.15) is 44.9 Å². The van der Waals surface area contributed by atoms with E-state index in [1.54, 1.807) is 0 Å². The van der Waals surface area contributed by atoms with Crippen LogP contribution in [0.2, 0.25) is 0 Å². The number of fused-ring (bicyclic) bond motifs is 1. The van der Waals surface area contributed by atoms with E-state index in [0.29, 0.717) is 18.9 Å². The van der Waals surface area contributed by atoms with Crippen LogP contribution in [0.3, 0.4) is 0 Å². The van der Waals surface area contributed by atoms with Crippen LogP contribution in [0.15, 0.2) is 0 Å². The van der Waals surface area contributed by atoms with Crippen molar-refractivity contribution in [1.82, 2.24) is 15.1 Å². The summed E-state index contributed by atoms with van der Waals surface area (Å²) in [6, 6.07) is 0.274. The van der Waals surface area contributed by atoms with E-state index in [-0.39, 0.29) is 6.03 Å².